The number of rotatable bonds is 39. The van der Waals surface area contributed by atoms with E-state index in [1.165, 1.54) is 86.6 Å². The highest BCUT2D eigenvalue weighted by atomic mass is 28.2. The minimum Gasteiger partial charge on any atom is -0.432 e. The highest BCUT2D eigenvalue weighted by Crippen LogP contribution is 2.30. The molecule has 0 N–H and O–H groups in total. The lowest BCUT2D eigenvalue weighted by molar-refractivity contribution is -0.210. The molecule has 0 saturated heterocycles. The van der Waals surface area contributed by atoms with E-state index in [2.05, 4.69) is 99.6 Å². The maximum absolute atomic E-state index is 13.6. The second-order valence-electron chi connectivity index (χ2n) is 25.4. The van der Waals surface area contributed by atoms with Crippen molar-refractivity contribution >= 4 is 134 Å². The van der Waals surface area contributed by atoms with Gasteiger partial charge in [-0.1, -0.05) is 212 Å². The van der Waals surface area contributed by atoms with Crippen LogP contribution in [0.1, 0.15) is 198 Å². The molecule has 0 bridgehead atoms. The number of carbonyl (C=O) groups is 10. The predicted octanol–water partition coefficient (Wildman–Crippen LogP) is 10.7. The van der Waals surface area contributed by atoms with Crippen LogP contribution in [-0.4, -0.2) is 141 Å². The second kappa shape index (κ2) is 51.1. The van der Waals surface area contributed by atoms with Crippen LogP contribution in [0.15, 0.2) is 178 Å². The molecule has 2 atom stereocenters. The van der Waals surface area contributed by atoms with Gasteiger partial charge in [-0.2, -0.15) is 24.0 Å². The van der Waals surface area contributed by atoms with Crippen molar-refractivity contribution < 1.29 is 121 Å². The summed E-state index contributed by atoms with van der Waals surface area (Å²) in [6, 6.07) is 33.0. The fraction of sp³-hybridized carbons (Fsp3) is 0.375. The van der Waals surface area contributed by atoms with Gasteiger partial charge < -0.3 is 23.7 Å². The molecule has 110 heavy (non-hydrogen) atoms. The summed E-state index contributed by atoms with van der Waals surface area (Å²) < 4.78 is 27.3. The van der Waals surface area contributed by atoms with E-state index < -0.39 is 172 Å². The van der Waals surface area contributed by atoms with Crippen molar-refractivity contribution in [1.29, 1.82) is 0 Å². The zero-order valence-electron chi connectivity index (χ0n) is 64.4. The van der Waals surface area contributed by atoms with E-state index in [-0.39, 0.29) is 27.8 Å². The van der Waals surface area contributed by atoms with Gasteiger partial charge in [-0.3, -0.25) is 0 Å². The number of benzene rings is 5. The Morgan fingerprint density at radius 1 is 0.264 bits per heavy atom. The summed E-state index contributed by atoms with van der Waals surface area (Å²) in [7, 11) is -4.06. The molecule has 5 rings (SSSR count). The van der Waals surface area contributed by atoms with Crippen molar-refractivity contribution in [2.45, 2.75) is 146 Å². The highest BCUT2D eigenvalue weighted by molar-refractivity contribution is 6.62. The Bertz CT molecular complexity index is 3740. The van der Waals surface area contributed by atoms with Gasteiger partial charge in [-0.15, -0.1) is 0 Å². The molecule has 2 unspecified atom stereocenters. The van der Waals surface area contributed by atoms with Crippen molar-refractivity contribution in [2.75, 3.05) is 33.0 Å². The van der Waals surface area contributed by atoms with Gasteiger partial charge in [0.25, 0.3) is 0 Å². The Morgan fingerprint density at radius 2 is 0.455 bits per heavy atom. The lowest BCUT2D eigenvalue weighted by Crippen LogP contribution is -2.37. The molecule has 0 radical (unpaired) electrons. The van der Waals surface area contributed by atoms with E-state index in [1.54, 1.807) is 60.7 Å². The first-order chi connectivity index (χ1) is 53.2. The van der Waals surface area contributed by atoms with E-state index in [0.717, 1.165) is 90.1 Å². The van der Waals surface area contributed by atoms with Crippen LogP contribution in [-0.2, 0) is 72.6 Å². The van der Waals surface area contributed by atoms with Crippen LogP contribution < -0.4 is 25.9 Å². The summed E-state index contributed by atoms with van der Waals surface area (Å²) in [4.78, 5) is 182. The normalized spacial score (nSPS) is 13.1. The summed E-state index contributed by atoms with van der Waals surface area (Å²) in [5.41, 5.74) is 0.188. The summed E-state index contributed by atoms with van der Waals surface area (Å²) >= 11 is 0. The number of ether oxygens (including phenoxy) is 5. The monoisotopic (exact) mass is 1600 g/mol. The van der Waals surface area contributed by atoms with Crippen LogP contribution in [0.2, 0.25) is 0 Å². The second-order valence-corrected chi connectivity index (χ2v) is 35.8. The summed E-state index contributed by atoms with van der Waals surface area (Å²) in [5, 5.41) is 11.9. The van der Waals surface area contributed by atoms with Gasteiger partial charge in [-0.05, 0) is 138 Å². The average Bonchev–Trinajstić information content (AvgIpc) is 0.833. The highest BCUT2D eigenvalue weighted by Gasteiger charge is 2.36. The molecule has 0 aliphatic carbocycles. The molecule has 0 aliphatic heterocycles. The van der Waals surface area contributed by atoms with E-state index in [4.69, 9.17) is 72.6 Å². The van der Waals surface area contributed by atoms with E-state index >= 15 is 0 Å². The Labute approximate surface area is 653 Å². The largest absolute Gasteiger partial charge is 0.549 e. The van der Waals surface area contributed by atoms with Gasteiger partial charge in [0.05, 0.1) is 108 Å². The van der Waals surface area contributed by atoms with Gasteiger partial charge in [0.15, 0.2) is 0 Å². The number of hydrogen-bond donors (Lipinski definition) is 0. The number of carbonyl (C=O) groups excluding carboxylic acids is 10. The van der Waals surface area contributed by atoms with Gasteiger partial charge in [0.1, 0.15) is 0 Å². The minimum atomic E-state index is -1.62. The third kappa shape index (κ3) is 33.6. The van der Waals surface area contributed by atoms with Crippen LogP contribution in [0, 0.1) is 17.8 Å². The molecule has 30 heteroatoms. The summed E-state index contributed by atoms with van der Waals surface area (Å²) in [6.45, 7) is 16.8. The molecular weight excluding hydrogens is 1500 g/mol. The zero-order valence-corrected chi connectivity index (χ0v) is 71.5. The first kappa shape index (κ1) is 90.2. The van der Waals surface area contributed by atoms with Gasteiger partial charge in [-0.25, -0.2) is 72.8 Å². The van der Waals surface area contributed by atoms with Crippen molar-refractivity contribution in [3.63, 3.8) is 0 Å². The van der Waals surface area contributed by atoms with Crippen LogP contribution in [0.3, 0.4) is 0 Å². The SMILES string of the molecule is CC/C=C(\CC)[SiH2]c1ccc(C(=O)OOC(=O)OCCC(COC(=O)OOC(=O)c2ccc([SiH2]/C(=C/CC)CC)cc2)C(COC(=O)OOC(=O)c2ccc([SiH2]/C(=C/CC)CC)cc2)C(CCOC(=O)OOC(=O)c2ccc([SiH2]/C(=C/CC)CC)cc2)COC(=O)OOC(=O)c2ccc([SiH2]/C(=C/CC)CC)cc2)cc1. The predicted molar refractivity (Wildman–Crippen MR) is 425 cm³/mol. The maximum atomic E-state index is 13.6. The molecule has 5 aromatic carbocycles. The number of allylic oxidation sites excluding steroid dienone is 10. The molecule has 0 heterocycles. The first-order valence-corrected chi connectivity index (χ1v) is 44.4. The topological polar surface area (TPSA) is 309 Å². The van der Waals surface area contributed by atoms with Crippen LogP contribution >= 0.6 is 0 Å². The molecule has 0 fully saturated rings. The Hall–Kier alpha value is -10.4. The third-order valence-electron chi connectivity index (χ3n) is 17.6. The van der Waals surface area contributed by atoms with E-state index in [9.17, 15) is 47.9 Å². The molecule has 592 valence electrons. The molecule has 0 aliphatic rings. The fourth-order valence-electron chi connectivity index (χ4n) is 11.6. The molecule has 0 spiro atoms. The molecule has 5 aromatic rings. The molecule has 0 aromatic heterocycles. The zero-order chi connectivity index (χ0) is 80.0. The van der Waals surface area contributed by atoms with Crippen LogP contribution in [0.25, 0.3) is 0 Å². The Morgan fingerprint density at radius 3 is 0.645 bits per heavy atom. The smallest absolute Gasteiger partial charge is 0.432 e. The fourth-order valence-corrected chi connectivity index (χ4v) is 20.0. The van der Waals surface area contributed by atoms with Gasteiger partial charge in [0.2, 0.25) is 0 Å². The van der Waals surface area contributed by atoms with Crippen molar-refractivity contribution in [3.05, 3.63) is 206 Å². The van der Waals surface area contributed by atoms with Crippen molar-refractivity contribution in [2.24, 2.45) is 17.8 Å². The van der Waals surface area contributed by atoms with Crippen LogP contribution in [0.4, 0.5) is 24.0 Å². The van der Waals surface area contributed by atoms with Crippen LogP contribution in [0.5, 0.6) is 0 Å². The summed E-state index contributed by atoms with van der Waals surface area (Å²) in [6.07, 6.45) is 11.1. The lowest BCUT2D eigenvalue weighted by Gasteiger charge is -2.32. The van der Waals surface area contributed by atoms with E-state index in [0.29, 0.717) is 0 Å². The molecular formula is C80H102O25Si5. The maximum Gasteiger partial charge on any atom is 0.549 e. The average molecular weight is 1600 g/mol. The standard InChI is InChI=1S/C80H102O25Si5/c1-11-21-60(16-6)106-65-36-26-53(27-37-65)71(81)96-101-76(86)91-48-46-58(50-93-78(88)103-98-73(83)55-30-40-67(41-31-55)108-62(18-8)23-13-3)70(52-95-80(90)105-100-75(85)57-34-44-69(45-35-57)110-64(20-10)25-15-5)59(51-94-79(89)104-99-74(84)56-32-42-68(43-33-56)109-63(19-9)24-14-4)47-49-92-77(87)102-97-72(82)54-28-38-66(39-29-54)107-61(17-7)22-12-2/h21-45,58-59,70H,11-20,46-52,106-110H2,1-10H3/b60-21+,61-22+,62-23+,63-24+,64-25+. The van der Waals surface area contributed by atoms with Gasteiger partial charge in [0, 0.05) is 17.8 Å². The molecule has 25 nitrogen and oxygen atoms in total. The van der Waals surface area contributed by atoms with Crippen molar-refractivity contribution in [3.8, 4) is 0 Å². The number of hydrogen-bond acceptors (Lipinski definition) is 25. The molecule has 0 saturated carbocycles. The quantitative estimate of drug-likeness (QED) is 0.0116. The van der Waals surface area contributed by atoms with Gasteiger partial charge >= 0.3 is 60.6 Å². The summed E-state index contributed by atoms with van der Waals surface area (Å²) in [5.74, 6) is -9.34. The Kier molecular flexibility index (Phi) is 41.9. The van der Waals surface area contributed by atoms with E-state index in [1.807, 2.05) is 0 Å². The minimum absolute atomic E-state index is 0.0193. The lowest BCUT2D eigenvalue weighted by atomic mass is 9.79. The van der Waals surface area contributed by atoms with Crippen molar-refractivity contribution in [1.82, 2.24) is 0 Å². The first-order valence-electron chi connectivity index (χ1n) is 37.3. The third-order valence-corrected chi connectivity index (χ3v) is 28.2. The molecule has 0 amide bonds. The Balaban J connectivity index is 1.46.